The highest BCUT2D eigenvalue weighted by Crippen LogP contribution is 2.41. The predicted octanol–water partition coefficient (Wildman–Crippen LogP) is 4.33. The van der Waals surface area contributed by atoms with Crippen LogP contribution in [0.5, 0.6) is 5.75 Å². The first-order chi connectivity index (χ1) is 22.1. The Kier molecular flexibility index (Phi) is 11.9. The predicted molar refractivity (Wildman–Crippen MR) is 171 cm³/mol. The highest BCUT2D eigenvalue weighted by Gasteiger charge is 2.33. The van der Waals surface area contributed by atoms with E-state index in [1.807, 2.05) is 6.92 Å². The zero-order valence-corrected chi connectivity index (χ0v) is 26.2. The van der Waals surface area contributed by atoms with E-state index in [0.29, 0.717) is 53.0 Å². The fraction of sp³-hybridized carbons (Fsp3) is 0.371. The van der Waals surface area contributed by atoms with Crippen LogP contribution in [-0.4, -0.2) is 61.4 Å². The molecule has 2 aromatic carbocycles. The van der Waals surface area contributed by atoms with Gasteiger partial charge in [0.2, 0.25) is 11.8 Å². The zero-order valence-electron chi connectivity index (χ0n) is 26.2. The number of carbonyl (C=O) groups is 3. The van der Waals surface area contributed by atoms with Gasteiger partial charge in [-0.2, -0.15) is 0 Å². The Hall–Kier alpha value is -4.74. The number of carbonyl (C=O) groups excluding carboxylic acids is 2. The Morgan fingerprint density at radius 3 is 2.54 bits per heavy atom. The molecule has 0 bridgehead atoms. The first kappa shape index (κ1) is 34.1. The van der Waals surface area contributed by atoms with Crippen molar-refractivity contribution < 1.29 is 38.5 Å². The molecule has 5 rings (SSSR count). The van der Waals surface area contributed by atoms with E-state index in [1.165, 1.54) is 37.3 Å². The van der Waals surface area contributed by atoms with Crippen LogP contribution in [0.15, 0.2) is 69.9 Å². The van der Waals surface area contributed by atoms with Crippen molar-refractivity contribution in [2.24, 2.45) is 0 Å². The van der Waals surface area contributed by atoms with Gasteiger partial charge in [-0.25, -0.2) is 4.79 Å². The first-order valence-electron chi connectivity index (χ1n) is 15.3. The number of amides is 2. The molecule has 2 heterocycles. The van der Waals surface area contributed by atoms with Crippen molar-refractivity contribution >= 4 is 28.8 Å². The number of aromatic carboxylic acids is 1. The van der Waals surface area contributed by atoms with Gasteiger partial charge in [-0.05, 0) is 56.0 Å². The van der Waals surface area contributed by atoms with E-state index in [0.717, 1.165) is 25.7 Å². The van der Waals surface area contributed by atoms with Crippen LogP contribution in [0.3, 0.4) is 0 Å². The second-order valence-electron chi connectivity index (χ2n) is 11.3. The third-order valence-electron chi connectivity index (χ3n) is 7.67. The SMILES string of the molecule is COC[C@H]1O[C@@H](C)CC1NC(=O)CCCCCNC(C)=O.O=C(O)c1ccccc1-c1c2ccc(=O)cc-2oc2cc([O-])ccc12. The Balaban J connectivity index is 0.000000213. The number of methoxy groups -OCH3 is 1. The largest absolute Gasteiger partial charge is 0.872 e. The van der Waals surface area contributed by atoms with Crippen molar-refractivity contribution in [1.29, 1.82) is 0 Å². The van der Waals surface area contributed by atoms with Crippen molar-refractivity contribution in [3.05, 3.63) is 76.5 Å². The van der Waals surface area contributed by atoms with Crippen LogP contribution in [0.1, 0.15) is 56.3 Å². The van der Waals surface area contributed by atoms with Gasteiger partial charge in [0.15, 0.2) is 5.43 Å². The highest BCUT2D eigenvalue weighted by atomic mass is 16.5. The van der Waals surface area contributed by atoms with Gasteiger partial charge in [0.1, 0.15) is 17.4 Å². The average Bonchev–Trinajstić information content (AvgIpc) is 3.35. The molecular formula is C35H39N2O9-. The van der Waals surface area contributed by atoms with Gasteiger partial charge in [0.05, 0.1) is 24.3 Å². The van der Waals surface area contributed by atoms with E-state index in [4.69, 9.17) is 13.9 Å². The smallest absolute Gasteiger partial charge is 0.336 e. The Labute approximate surface area is 266 Å². The van der Waals surface area contributed by atoms with Crippen LogP contribution in [0.2, 0.25) is 0 Å². The van der Waals surface area contributed by atoms with Crippen LogP contribution in [-0.2, 0) is 19.1 Å². The maximum atomic E-state index is 11.9. The number of ether oxygens (including phenoxy) is 2. The summed E-state index contributed by atoms with van der Waals surface area (Å²) in [6, 6.07) is 15.3. The number of carboxylic acids is 1. The molecule has 2 aliphatic heterocycles. The molecule has 2 aromatic rings. The molecule has 3 aliphatic rings. The molecule has 1 aliphatic carbocycles. The summed E-state index contributed by atoms with van der Waals surface area (Å²) in [7, 11) is 1.64. The highest BCUT2D eigenvalue weighted by molar-refractivity contribution is 6.07. The Morgan fingerprint density at radius 2 is 1.80 bits per heavy atom. The molecule has 1 unspecified atom stereocenters. The van der Waals surface area contributed by atoms with E-state index >= 15 is 0 Å². The minimum atomic E-state index is -1.06. The summed E-state index contributed by atoms with van der Waals surface area (Å²) in [4.78, 5) is 46.0. The molecule has 1 saturated heterocycles. The fourth-order valence-electron chi connectivity index (χ4n) is 5.59. The van der Waals surface area contributed by atoms with Gasteiger partial charge in [-0.15, -0.1) is 5.75 Å². The number of fused-ring (bicyclic) bond motifs is 2. The van der Waals surface area contributed by atoms with Crippen LogP contribution in [0.4, 0.5) is 0 Å². The molecule has 3 atom stereocenters. The number of hydrogen-bond acceptors (Lipinski definition) is 8. The van der Waals surface area contributed by atoms with Crippen LogP contribution in [0.25, 0.3) is 33.4 Å². The lowest BCUT2D eigenvalue weighted by atomic mass is 9.91. The normalized spacial score (nSPS) is 17.3. The van der Waals surface area contributed by atoms with E-state index in [1.54, 1.807) is 37.4 Å². The summed E-state index contributed by atoms with van der Waals surface area (Å²) < 4.78 is 16.6. The van der Waals surface area contributed by atoms with Crippen molar-refractivity contribution in [2.45, 2.75) is 64.2 Å². The number of rotatable bonds is 11. The van der Waals surface area contributed by atoms with Crippen LogP contribution in [0, 0.1) is 0 Å². The van der Waals surface area contributed by atoms with E-state index < -0.39 is 5.97 Å². The van der Waals surface area contributed by atoms with Gasteiger partial charge >= 0.3 is 5.97 Å². The second kappa shape index (κ2) is 16.0. The molecule has 0 radical (unpaired) electrons. The quantitative estimate of drug-likeness (QED) is 0.161. The molecule has 1 fully saturated rings. The summed E-state index contributed by atoms with van der Waals surface area (Å²) in [5.41, 5.74) is 1.94. The lowest BCUT2D eigenvalue weighted by molar-refractivity contribution is -0.268. The lowest BCUT2D eigenvalue weighted by Crippen LogP contribution is -2.42. The molecule has 0 saturated carbocycles. The molecule has 11 nitrogen and oxygen atoms in total. The van der Waals surface area contributed by atoms with Gasteiger partial charge in [0, 0.05) is 49.6 Å². The zero-order chi connectivity index (χ0) is 33.2. The average molecular weight is 632 g/mol. The summed E-state index contributed by atoms with van der Waals surface area (Å²) in [6.07, 6.45) is 4.15. The van der Waals surface area contributed by atoms with Crippen LogP contribution < -0.4 is 21.2 Å². The molecule has 0 aromatic heterocycles. The molecule has 0 spiro atoms. The van der Waals surface area contributed by atoms with Crippen molar-refractivity contribution in [3.8, 4) is 28.2 Å². The number of benzene rings is 3. The molecule has 46 heavy (non-hydrogen) atoms. The topological polar surface area (TPSA) is 167 Å². The van der Waals surface area contributed by atoms with E-state index in [2.05, 4.69) is 10.6 Å². The summed E-state index contributed by atoms with van der Waals surface area (Å²) >= 11 is 0. The number of nitrogens with one attached hydrogen (secondary N) is 2. The summed E-state index contributed by atoms with van der Waals surface area (Å²) in [6.45, 7) is 4.71. The van der Waals surface area contributed by atoms with Gasteiger partial charge in [0.25, 0.3) is 0 Å². The lowest BCUT2D eigenvalue weighted by Gasteiger charge is -2.19. The monoisotopic (exact) mass is 631 g/mol. The van der Waals surface area contributed by atoms with Gasteiger partial charge in [-0.1, -0.05) is 36.8 Å². The fourth-order valence-corrected chi connectivity index (χ4v) is 5.59. The van der Waals surface area contributed by atoms with Crippen molar-refractivity contribution in [2.75, 3.05) is 20.3 Å². The van der Waals surface area contributed by atoms with E-state index in [-0.39, 0.29) is 46.8 Å². The number of carboxylic acid groups (broad SMARTS) is 1. The molecule has 11 heteroatoms. The molecule has 3 N–H and O–H groups in total. The molecule has 244 valence electrons. The Morgan fingerprint density at radius 1 is 1.02 bits per heavy atom. The third kappa shape index (κ3) is 8.92. The van der Waals surface area contributed by atoms with E-state index in [9.17, 15) is 29.4 Å². The van der Waals surface area contributed by atoms with Crippen molar-refractivity contribution in [3.63, 3.8) is 0 Å². The van der Waals surface area contributed by atoms with Gasteiger partial charge < -0.3 is 34.7 Å². The number of hydrogen-bond donors (Lipinski definition) is 3. The van der Waals surface area contributed by atoms with Gasteiger partial charge in [-0.3, -0.25) is 14.4 Å². The third-order valence-corrected chi connectivity index (χ3v) is 7.67. The minimum absolute atomic E-state index is 0.00715. The minimum Gasteiger partial charge on any atom is -0.872 e. The van der Waals surface area contributed by atoms with Crippen LogP contribution >= 0.6 is 0 Å². The maximum absolute atomic E-state index is 11.9. The van der Waals surface area contributed by atoms with Crippen molar-refractivity contribution in [1.82, 2.24) is 10.6 Å². The standard InChI is InChI=1S/C20H12O5.C15H28N2O4/c21-11-5-7-15-17(9-11)25-18-10-12(22)6-8-16(18)19(15)13-3-1-2-4-14(13)20(23)24;1-11-9-13(14(21-11)10-20-3)17-15(19)7-5-4-6-8-16-12(2)18/h1-10,21H,(H,23,24);11,13-14H,4-10H2,1-3H3,(H,16,18)(H,17,19)/p-1/t;11-,13?,14+/m.0/s1. The molecule has 2 amide bonds. The second-order valence-corrected chi connectivity index (χ2v) is 11.3. The summed E-state index contributed by atoms with van der Waals surface area (Å²) in [5.74, 6) is -0.920. The summed E-state index contributed by atoms with van der Waals surface area (Å²) in [5, 5.41) is 27.6. The molecular weight excluding hydrogens is 592 g/mol. The first-order valence-corrected chi connectivity index (χ1v) is 15.3. The Bertz CT molecular complexity index is 1700. The maximum Gasteiger partial charge on any atom is 0.336 e. The number of unbranched alkanes of at least 4 members (excludes halogenated alkanes) is 2.